The summed E-state index contributed by atoms with van der Waals surface area (Å²) in [7, 11) is 1.75. The topological polar surface area (TPSA) is 64.2 Å². The molecule has 5 nitrogen and oxygen atoms in total. The summed E-state index contributed by atoms with van der Waals surface area (Å²) >= 11 is 0. The van der Waals surface area contributed by atoms with Crippen molar-refractivity contribution in [2.24, 2.45) is 7.05 Å². The second-order valence-electron chi connectivity index (χ2n) is 4.91. The molecule has 0 bridgehead atoms. The summed E-state index contributed by atoms with van der Waals surface area (Å²) in [5.74, 6) is 0.454. The van der Waals surface area contributed by atoms with Crippen LogP contribution >= 0.6 is 0 Å². The van der Waals surface area contributed by atoms with Gasteiger partial charge in [-0.1, -0.05) is 0 Å². The van der Waals surface area contributed by atoms with E-state index < -0.39 is 0 Å². The number of anilines is 1. The van der Waals surface area contributed by atoms with Gasteiger partial charge in [-0.2, -0.15) is 5.10 Å². The van der Waals surface area contributed by atoms with Gasteiger partial charge < -0.3 is 10.6 Å². The van der Waals surface area contributed by atoms with Gasteiger partial charge in [0.05, 0.1) is 6.20 Å². The Labute approximate surface area is 102 Å². The molecule has 0 unspecified atom stereocenters. The minimum Gasteiger partial charge on any atom is -0.383 e. The van der Waals surface area contributed by atoms with Crippen molar-refractivity contribution in [3.05, 3.63) is 11.8 Å². The summed E-state index contributed by atoms with van der Waals surface area (Å²) < 4.78 is 1.53. The van der Waals surface area contributed by atoms with Crippen LogP contribution in [0.5, 0.6) is 0 Å². The molecular weight excluding hydrogens is 216 g/mol. The highest BCUT2D eigenvalue weighted by Crippen LogP contribution is 2.25. The third kappa shape index (κ3) is 2.01. The number of hydrogen-bond acceptors (Lipinski definition) is 3. The van der Waals surface area contributed by atoms with Crippen molar-refractivity contribution in [3.8, 4) is 0 Å². The van der Waals surface area contributed by atoms with Crippen molar-refractivity contribution in [3.63, 3.8) is 0 Å². The van der Waals surface area contributed by atoms with E-state index in [1.165, 1.54) is 11.1 Å². The lowest BCUT2D eigenvalue weighted by Crippen LogP contribution is -2.47. The lowest BCUT2D eigenvalue weighted by atomic mass is 9.97. The molecule has 0 spiro atoms. The van der Waals surface area contributed by atoms with Gasteiger partial charge in [0.15, 0.2) is 0 Å². The van der Waals surface area contributed by atoms with Gasteiger partial charge in [-0.05, 0) is 33.1 Å². The summed E-state index contributed by atoms with van der Waals surface area (Å²) in [5.41, 5.74) is 6.38. The first-order chi connectivity index (χ1) is 8.02. The van der Waals surface area contributed by atoms with Crippen LogP contribution in [0.25, 0.3) is 0 Å². The molecule has 94 valence electrons. The van der Waals surface area contributed by atoms with Crippen LogP contribution in [0.1, 0.15) is 43.5 Å². The summed E-state index contributed by atoms with van der Waals surface area (Å²) in [6.07, 6.45) is 4.88. The van der Waals surface area contributed by atoms with Crippen LogP contribution in [0.2, 0.25) is 0 Å². The molecule has 0 aromatic carbocycles. The quantitative estimate of drug-likeness (QED) is 0.801. The monoisotopic (exact) mass is 236 g/mol. The van der Waals surface area contributed by atoms with Crippen molar-refractivity contribution in [2.75, 3.05) is 5.73 Å². The molecule has 1 amide bonds. The second kappa shape index (κ2) is 4.39. The number of aromatic nitrogens is 2. The van der Waals surface area contributed by atoms with Crippen LogP contribution in [0.15, 0.2) is 6.20 Å². The third-order valence-electron chi connectivity index (χ3n) is 3.64. The molecule has 0 aliphatic carbocycles. The summed E-state index contributed by atoms with van der Waals surface area (Å²) in [4.78, 5) is 14.4. The highest BCUT2D eigenvalue weighted by atomic mass is 16.2. The highest BCUT2D eigenvalue weighted by Gasteiger charge is 2.31. The maximum Gasteiger partial charge on any atom is 0.259 e. The second-order valence-corrected chi connectivity index (χ2v) is 4.91. The van der Waals surface area contributed by atoms with Crippen molar-refractivity contribution in [2.45, 2.75) is 45.2 Å². The highest BCUT2D eigenvalue weighted by molar-refractivity contribution is 5.98. The van der Waals surface area contributed by atoms with Gasteiger partial charge in [0.25, 0.3) is 5.91 Å². The number of carbonyl (C=O) groups is 1. The standard InChI is InChI=1S/C12H20N4O/c1-8-5-4-6-9(2)16(8)12(17)10-7-14-15(3)11(10)13/h7-9H,4-6,13H2,1-3H3/t8-,9+. The largest absolute Gasteiger partial charge is 0.383 e. The van der Waals surface area contributed by atoms with E-state index in [2.05, 4.69) is 18.9 Å². The Kier molecular flexibility index (Phi) is 3.09. The molecule has 17 heavy (non-hydrogen) atoms. The third-order valence-corrected chi connectivity index (χ3v) is 3.64. The van der Waals surface area contributed by atoms with Gasteiger partial charge in [0.2, 0.25) is 0 Å². The Balaban J connectivity index is 2.27. The van der Waals surface area contributed by atoms with Crippen molar-refractivity contribution < 1.29 is 4.79 Å². The van der Waals surface area contributed by atoms with Crippen LogP contribution in [0.3, 0.4) is 0 Å². The molecule has 1 aliphatic heterocycles. The number of hydrogen-bond donors (Lipinski definition) is 1. The molecule has 5 heteroatoms. The molecule has 0 radical (unpaired) electrons. The SMILES string of the molecule is C[C@@H]1CCC[C@H](C)N1C(=O)c1cnn(C)c1N. The molecule has 1 aromatic heterocycles. The molecule has 2 heterocycles. The Morgan fingerprint density at radius 3 is 2.47 bits per heavy atom. The van der Waals surface area contributed by atoms with Crippen LogP contribution in [0, 0.1) is 0 Å². The number of nitrogens with zero attached hydrogens (tertiary/aromatic N) is 3. The number of amides is 1. The Morgan fingerprint density at radius 1 is 1.41 bits per heavy atom. The lowest BCUT2D eigenvalue weighted by molar-refractivity contribution is 0.0512. The number of nitrogens with two attached hydrogens (primary N) is 1. The number of carbonyl (C=O) groups excluding carboxylic acids is 1. The predicted octanol–water partition coefficient (Wildman–Crippen LogP) is 1.41. The fourth-order valence-electron chi connectivity index (χ4n) is 2.57. The zero-order chi connectivity index (χ0) is 12.6. The van der Waals surface area contributed by atoms with E-state index in [4.69, 9.17) is 5.73 Å². The van der Waals surface area contributed by atoms with Gasteiger partial charge in [-0.3, -0.25) is 9.48 Å². The van der Waals surface area contributed by atoms with Crippen molar-refractivity contribution in [1.82, 2.24) is 14.7 Å². The predicted molar refractivity (Wildman–Crippen MR) is 66.6 cm³/mol. The number of rotatable bonds is 1. The van der Waals surface area contributed by atoms with Crippen LogP contribution < -0.4 is 5.73 Å². The molecule has 1 saturated heterocycles. The average Bonchev–Trinajstić information content (AvgIpc) is 2.59. The summed E-state index contributed by atoms with van der Waals surface area (Å²) in [6.45, 7) is 4.19. The first-order valence-corrected chi connectivity index (χ1v) is 6.12. The Morgan fingerprint density at radius 2 is 2.00 bits per heavy atom. The molecule has 2 rings (SSSR count). The van der Waals surface area contributed by atoms with Crippen LogP contribution in [0.4, 0.5) is 5.82 Å². The molecule has 0 saturated carbocycles. The molecule has 2 N–H and O–H groups in total. The molecule has 1 aliphatic rings. The van der Waals surface area contributed by atoms with E-state index in [0.717, 1.165) is 12.8 Å². The summed E-state index contributed by atoms with van der Waals surface area (Å²) in [6, 6.07) is 0.566. The fourth-order valence-corrected chi connectivity index (χ4v) is 2.57. The summed E-state index contributed by atoms with van der Waals surface area (Å²) in [5, 5.41) is 4.03. The first-order valence-electron chi connectivity index (χ1n) is 6.12. The smallest absolute Gasteiger partial charge is 0.259 e. The van der Waals surface area contributed by atoms with Crippen molar-refractivity contribution in [1.29, 1.82) is 0 Å². The average molecular weight is 236 g/mol. The van der Waals surface area contributed by atoms with Gasteiger partial charge in [-0.15, -0.1) is 0 Å². The first kappa shape index (κ1) is 12.0. The van der Waals surface area contributed by atoms with Gasteiger partial charge in [0.1, 0.15) is 11.4 Å². The number of likely N-dealkylation sites (tertiary alicyclic amines) is 1. The van der Waals surface area contributed by atoms with Crippen molar-refractivity contribution >= 4 is 11.7 Å². The van der Waals surface area contributed by atoms with E-state index in [-0.39, 0.29) is 18.0 Å². The number of piperidine rings is 1. The lowest BCUT2D eigenvalue weighted by Gasteiger charge is -2.38. The molecular formula is C12H20N4O. The zero-order valence-electron chi connectivity index (χ0n) is 10.7. The van der Waals surface area contributed by atoms with E-state index in [1.807, 2.05) is 4.90 Å². The van der Waals surface area contributed by atoms with Crippen LogP contribution in [-0.4, -0.2) is 32.7 Å². The van der Waals surface area contributed by atoms with E-state index in [1.54, 1.807) is 13.2 Å². The molecule has 1 aromatic rings. The minimum absolute atomic E-state index is 0.00954. The van der Waals surface area contributed by atoms with Gasteiger partial charge in [-0.25, -0.2) is 0 Å². The minimum atomic E-state index is 0.00954. The fraction of sp³-hybridized carbons (Fsp3) is 0.667. The van der Waals surface area contributed by atoms with Gasteiger partial charge in [0, 0.05) is 19.1 Å². The normalized spacial score (nSPS) is 25.0. The van der Waals surface area contributed by atoms with E-state index >= 15 is 0 Å². The van der Waals surface area contributed by atoms with E-state index in [0.29, 0.717) is 11.4 Å². The molecule has 2 atom stereocenters. The van der Waals surface area contributed by atoms with E-state index in [9.17, 15) is 4.79 Å². The van der Waals surface area contributed by atoms with Crippen LogP contribution in [-0.2, 0) is 7.05 Å². The maximum atomic E-state index is 12.4. The number of nitrogen functional groups attached to an aromatic ring is 1. The molecule has 1 fully saturated rings. The Hall–Kier alpha value is -1.52. The van der Waals surface area contributed by atoms with Gasteiger partial charge >= 0.3 is 0 Å². The zero-order valence-corrected chi connectivity index (χ0v) is 10.7. The Bertz CT molecular complexity index is 416. The number of aryl methyl sites for hydroxylation is 1. The maximum absolute atomic E-state index is 12.4.